The molecule has 7 nitrogen and oxygen atoms in total. The van der Waals surface area contributed by atoms with Crippen molar-refractivity contribution in [1.82, 2.24) is 19.9 Å². The van der Waals surface area contributed by atoms with Crippen LogP contribution in [0.15, 0.2) is 18.3 Å². The summed E-state index contributed by atoms with van der Waals surface area (Å²) in [7, 11) is 0. The molecule has 0 aromatic carbocycles. The van der Waals surface area contributed by atoms with Gasteiger partial charge in [0.2, 0.25) is 5.91 Å². The van der Waals surface area contributed by atoms with Gasteiger partial charge in [-0.15, -0.1) is 0 Å². The molecule has 3 aliphatic heterocycles. The van der Waals surface area contributed by atoms with E-state index in [4.69, 9.17) is 0 Å². The molecule has 0 N–H and O–H groups in total. The summed E-state index contributed by atoms with van der Waals surface area (Å²) < 4.78 is 0. The number of anilines is 2. The summed E-state index contributed by atoms with van der Waals surface area (Å²) in [5.41, 5.74) is 4.42. The minimum absolute atomic E-state index is 0.237. The topological polar surface area (TPSA) is 65.5 Å². The second-order valence-corrected chi connectivity index (χ2v) is 8.24. The highest BCUT2D eigenvalue weighted by atomic mass is 16.2. The highest BCUT2D eigenvalue weighted by molar-refractivity contribution is 5.78. The Hall–Kier alpha value is -2.70. The molecule has 2 saturated heterocycles. The molecule has 5 heterocycles. The molecule has 2 fully saturated rings. The van der Waals surface area contributed by atoms with Crippen LogP contribution in [-0.4, -0.2) is 51.9 Å². The quantitative estimate of drug-likeness (QED) is 0.812. The van der Waals surface area contributed by atoms with E-state index in [1.807, 2.05) is 31.0 Å². The van der Waals surface area contributed by atoms with Crippen molar-refractivity contribution in [2.24, 2.45) is 5.92 Å². The Morgan fingerprint density at radius 1 is 1.14 bits per heavy atom. The normalized spacial score (nSPS) is 18.7. The van der Waals surface area contributed by atoms with Crippen molar-refractivity contribution in [2.75, 3.05) is 36.0 Å². The zero-order chi connectivity index (χ0) is 19.3. The highest BCUT2D eigenvalue weighted by Gasteiger charge is 2.34. The first-order valence-electron chi connectivity index (χ1n) is 10.1. The molecule has 28 heavy (non-hydrogen) atoms. The lowest BCUT2D eigenvalue weighted by Crippen LogP contribution is -2.48. The second-order valence-electron chi connectivity index (χ2n) is 8.24. The van der Waals surface area contributed by atoms with Gasteiger partial charge in [-0.05, 0) is 32.4 Å². The van der Waals surface area contributed by atoms with Crippen molar-refractivity contribution in [1.29, 1.82) is 0 Å². The Labute approximate surface area is 165 Å². The molecule has 0 spiro atoms. The highest BCUT2D eigenvalue weighted by Crippen LogP contribution is 2.33. The van der Waals surface area contributed by atoms with E-state index < -0.39 is 0 Å². The van der Waals surface area contributed by atoms with E-state index in [0.29, 0.717) is 25.4 Å². The van der Waals surface area contributed by atoms with Crippen LogP contribution in [0.3, 0.4) is 0 Å². The fourth-order valence-corrected chi connectivity index (χ4v) is 4.34. The van der Waals surface area contributed by atoms with E-state index in [1.54, 1.807) is 0 Å². The number of aryl methyl sites for hydroxylation is 2. The van der Waals surface area contributed by atoms with Gasteiger partial charge in [-0.1, -0.05) is 0 Å². The molecule has 0 radical (unpaired) electrons. The van der Waals surface area contributed by atoms with Gasteiger partial charge in [0.05, 0.1) is 18.8 Å². The average Bonchev–Trinajstić information content (AvgIpc) is 3.00. The standard InChI is InChI=1S/C21H26N6O/c1-14-8-17(4-5-22-14)26-10-16(11-26)9-20(28)27-12-18-19(13-27)23-15(2)24-21(18)25-6-3-7-25/h4-5,8,16H,3,6-7,9-13H2,1-2H3. The summed E-state index contributed by atoms with van der Waals surface area (Å²) in [6.45, 7) is 9.22. The van der Waals surface area contributed by atoms with Crippen LogP contribution in [0.4, 0.5) is 11.5 Å². The molecule has 0 bridgehead atoms. The number of carbonyl (C=O) groups excluding carboxylic acids is 1. The first-order valence-corrected chi connectivity index (χ1v) is 10.1. The SMILES string of the molecule is Cc1cc(N2CC(CC(=O)N3Cc4nc(C)nc(N5CCC5)c4C3)C2)ccn1. The van der Waals surface area contributed by atoms with Crippen molar-refractivity contribution in [3.63, 3.8) is 0 Å². The predicted molar refractivity (Wildman–Crippen MR) is 107 cm³/mol. The Kier molecular flexibility index (Phi) is 4.18. The van der Waals surface area contributed by atoms with Gasteiger partial charge in [0.15, 0.2) is 0 Å². The summed E-state index contributed by atoms with van der Waals surface area (Å²) in [6.07, 6.45) is 3.68. The Morgan fingerprint density at radius 3 is 2.68 bits per heavy atom. The average molecular weight is 378 g/mol. The third kappa shape index (κ3) is 3.08. The lowest BCUT2D eigenvalue weighted by molar-refractivity contribution is -0.133. The van der Waals surface area contributed by atoms with Crippen LogP contribution in [0.1, 0.15) is 35.6 Å². The van der Waals surface area contributed by atoms with Gasteiger partial charge in [-0.2, -0.15) is 0 Å². The molecule has 0 saturated carbocycles. The molecule has 0 aliphatic carbocycles. The third-order valence-corrected chi connectivity index (χ3v) is 6.05. The molecule has 2 aromatic heterocycles. The van der Waals surface area contributed by atoms with E-state index in [0.717, 1.165) is 54.8 Å². The van der Waals surface area contributed by atoms with Crippen LogP contribution in [-0.2, 0) is 17.9 Å². The van der Waals surface area contributed by atoms with Crippen LogP contribution in [0.5, 0.6) is 0 Å². The Morgan fingerprint density at radius 2 is 1.96 bits per heavy atom. The number of aromatic nitrogens is 3. The molecule has 0 unspecified atom stereocenters. The van der Waals surface area contributed by atoms with E-state index in [9.17, 15) is 4.79 Å². The van der Waals surface area contributed by atoms with Gasteiger partial charge in [0.25, 0.3) is 0 Å². The fraction of sp³-hybridized carbons (Fsp3) is 0.524. The van der Waals surface area contributed by atoms with Crippen LogP contribution < -0.4 is 9.80 Å². The Bertz CT molecular complexity index is 919. The molecule has 5 rings (SSSR count). The molecule has 7 heteroatoms. The third-order valence-electron chi connectivity index (χ3n) is 6.05. The Balaban J connectivity index is 1.20. The number of hydrogen-bond donors (Lipinski definition) is 0. The molecule has 2 aromatic rings. The lowest BCUT2D eigenvalue weighted by atomic mass is 9.95. The maximum atomic E-state index is 12.9. The van der Waals surface area contributed by atoms with Gasteiger partial charge in [0, 0.05) is 61.7 Å². The molecule has 3 aliphatic rings. The van der Waals surface area contributed by atoms with E-state index in [1.165, 1.54) is 12.1 Å². The van der Waals surface area contributed by atoms with Crippen molar-refractivity contribution in [3.05, 3.63) is 41.1 Å². The lowest BCUT2D eigenvalue weighted by Gasteiger charge is -2.41. The predicted octanol–water partition coefficient (Wildman–Crippen LogP) is 2.07. The van der Waals surface area contributed by atoms with Crippen molar-refractivity contribution < 1.29 is 4.79 Å². The van der Waals surface area contributed by atoms with Crippen molar-refractivity contribution >= 4 is 17.4 Å². The number of hydrogen-bond acceptors (Lipinski definition) is 6. The number of carbonyl (C=O) groups is 1. The minimum atomic E-state index is 0.237. The monoisotopic (exact) mass is 378 g/mol. The van der Waals surface area contributed by atoms with Gasteiger partial charge < -0.3 is 14.7 Å². The van der Waals surface area contributed by atoms with E-state index in [2.05, 4.69) is 30.8 Å². The largest absolute Gasteiger partial charge is 0.371 e. The van der Waals surface area contributed by atoms with Gasteiger partial charge in [0.1, 0.15) is 11.6 Å². The number of nitrogens with zero attached hydrogens (tertiary/aromatic N) is 6. The summed E-state index contributed by atoms with van der Waals surface area (Å²) in [5, 5.41) is 0. The zero-order valence-electron chi connectivity index (χ0n) is 16.6. The number of fused-ring (bicyclic) bond motifs is 1. The molecule has 0 atom stereocenters. The minimum Gasteiger partial charge on any atom is -0.371 e. The van der Waals surface area contributed by atoms with Crippen LogP contribution in [0.25, 0.3) is 0 Å². The van der Waals surface area contributed by atoms with Gasteiger partial charge >= 0.3 is 0 Å². The maximum absolute atomic E-state index is 12.9. The fourth-order valence-electron chi connectivity index (χ4n) is 4.34. The van der Waals surface area contributed by atoms with Crippen LogP contribution >= 0.6 is 0 Å². The van der Waals surface area contributed by atoms with Gasteiger partial charge in [-0.25, -0.2) is 9.97 Å². The van der Waals surface area contributed by atoms with E-state index in [-0.39, 0.29) is 5.91 Å². The number of pyridine rings is 1. The zero-order valence-corrected chi connectivity index (χ0v) is 16.6. The van der Waals surface area contributed by atoms with Gasteiger partial charge in [-0.3, -0.25) is 9.78 Å². The number of amides is 1. The van der Waals surface area contributed by atoms with Crippen LogP contribution in [0, 0.1) is 19.8 Å². The van der Waals surface area contributed by atoms with E-state index >= 15 is 0 Å². The molecular formula is C21H26N6O. The molecule has 1 amide bonds. The second kappa shape index (κ2) is 6.72. The van der Waals surface area contributed by atoms with Crippen molar-refractivity contribution in [3.8, 4) is 0 Å². The van der Waals surface area contributed by atoms with Crippen LogP contribution in [0.2, 0.25) is 0 Å². The summed E-state index contributed by atoms with van der Waals surface area (Å²) in [6, 6.07) is 4.15. The summed E-state index contributed by atoms with van der Waals surface area (Å²) in [4.78, 5) is 33.0. The number of rotatable bonds is 4. The smallest absolute Gasteiger partial charge is 0.223 e. The summed E-state index contributed by atoms with van der Waals surface area (Å²) >= 11 is 0. The first-order chi connectivity index (χ1) is 13.6. The van der Waals surface area contributed by atoms with Crippen molar-refractivity contribution in [2.45, 2.75) is 39.8 Å². The molecular weight excluding hydrogens is 352 g/mol. The maximum Gasteiger partial charge on any atom is 0.223 e. The molecule has 146 valence electrons. The summed E-state index contributed by atoms with van der Waals surface area (Å²) in [5.74, 6) is 2.51. The first kappa shape index (κ1) is 17.4.